The van der Waals surface area contributed by atoms with Crippen LogP contribution in [0.25, 0.3) is 0 Å². The van der Waals surface area contributed by atoms with E-state index in [4.69, 9.17) is 14.2 Å². The third-order valence-corrected chi connectivity index (χ3v) is 2.69. The molecule has 118 valence electrons. The van der Waals surface area contributed by atoms with E-state index in [0.717, 1.165) is 13.0 Å². The Morgan fingerprint density at radius 2 is 1.90 bits per heavy atom. The molecule has 0 saturated heterocycles. The first-order valence-electron chi connectivity index (χ1n) is 6.73. The van der Waals surface area contributed by atoms with Crippen LogP contribution in [0.3, 0.4) is 0 Å². The maximum Gasteiger partial charge on any atom is 0.328 e. The van der Waals surface area contributed by atoms with Gasteiger partial charge in [0.2, 0.25) is 0 Å². The normalized spacial score (nSPS) is 14.6. The fourth-order valence-electron chi connectivity index (χ4n) is 1.55. The summed E-state index contributed by atoms with van der Waals surface area (Å²) in [6.07, 6.45) is 4.66. The number of hydrogen-bond donors (Lipinski definition) is 1. The van der Waals surface area contributed by atoms with Crippen LogP contribution in [0.5, 0.6) is 0 Å². The van der Waals surface area contributed by atoms with Gasteiger partial charge in [-0.3, -0.25) is 0 Å². The molecule has 7 heteroatoms. The second kappa shape index (κ2) is 12.0. The third kappa shape index (κ3) is 7.72. The lowest BCUT2D eigenvalue weighted by Gasteiger charge is -2.21. The fourth-order valence-corrected chi connectivity index (χ4v) is 1.55. The van der Waals surface area contributed by atoms with Gasteiger partial charge in [-0.25, -0.2) is 4.79 Å². The van der Waals surface area contributed by atoms with Crippen molar-refractivity contribution in [1.82, 2.24) is 10.2 Å². The maximum absolute atomic E-state index is 11.7. The summed E-state index contributed by atoms with van der Waals surface area (Å²) in [5, 5.41) is 3.01. The van der Waals surface area contributed by atoms with Gasteiger partial charge in [-0.05, 0) is 13.3 Å². The van der Waals surface area contributed by atoms with Crippen LogP contribution < -0.4 is 5.32 Å². The average molecular weight is 353 g/mol. The number of hydrogen-bond acceptors (Lipinski definition) is 6. The summed E-state index contributed by atoms with van der Waals surface area (Å²) < 4.78 is 15.7. The van der Waals surface area contributed by atoms with Crippen molar-refractivity contribution < 1.29 is 19.0 Å². The Kier molecular flexibility index (Phi) is 11.5. The highest BCUT2D eigenvalue weighted by atomic mass is 79.9. The summed E-state index contributed by atoms with van der Waals surface area (Å²) in [5.41, 5.74) is 0. The molecule has 0 spiro atoms. The van der Waals surface area contributed by atoms with Crippen molar-refractivity contribution >= 4 is 23.0 Å². The quantitative estimate of drug-likeness (QED) is 0.472. The number of carbonyl (C=O) groups is 1. The van der Waals surface area contributed by atoms with Crippen LogP contribution in [0.1, 0.15) is 20.3 Å². The summed E-state index contributed by atoms with van der Waals surface area (Å²) in [7, 11) is 0. The molecular formula is C13H25BrN2O4. The van der Waals surface area contributed by atoms with Gasteiger partial charge in [0.05, 0.1) is 26.5 Å². The Morgan fingerprint density at radius 1 is 1.25 bits per heavy atom. The van der Waals surface area contributed by atoms with E-state index >= 15 is 0 Å². The molecule has 1 rings (SSSR count). The molecule has 1 heterocycles. The minimum Gasteiger partial charge on any atom is -0.462 e. The van der Waals surface area contributed by atoms with Crippen LogP contribution in [-0.2, 0) is 19.0 Å². The molecule has 0 amide bonds. The van der Waals surface area contributed by atoms with Crippen LogP contribution in [0.4, 0.5) is 0 Å². The number of esters is 1. The van der Waals surface area contributed by atoms with Crippen LogP contribution in [0.2, 0.25) is 0 Å². The lowest BCUT2D eigenvalue weighted by Crippen LogP contribution is -2.37. The van der Waals surface area contributed by atoms with Gasteiger partial charge >= 0.3 is 5.97 Å². The predicted octanol–water partition coefficient (Wildman–Crippen LogP) is 1.27. The first-order chi connectivity index (χ1) is 9.25. The highest BCUT2D eigenvalue weighted by Crippen LogP contribution is 2.04. The molecule has 1 atom stereocenters. The fraction of sp³-hybridized carbons (Fsp3) is 0.769. The van der Waals surface area contributed by atoms with Gasteiger partial charge in [0.15, 0.2) is 0 Å². The summed E-state index contributed by atoms with van der Waals surface area (Å²) in [4.78, 5) is 13.6. The lowest BCUT2D eigenvalue weighted by molar-refractivity contribution is -0.150. The van der Waals surface area contributed by atoms with Crippen molar-refractivity contribution in [3.63, 3.8) is 0 Å². The van der Waals surface area contributed by atoms with E-state index in [-0.39, 0.29) is 35.6 Å². The topological polar surface area (TPSA) is 60.0 Å². The number of nitrogens with zero attached hydrogens (tertiary/aromatic N) is 1. The van der Waals surface area contributed by atoms with Crippen LogP contribution in [0.15, 0.2) is 12.4 Å². The third-order valence-electron chi connectivity index (χ3n) is 2.69. The molecule has 6 nitrogen and oxygen atoms in total. The number of halogens is 1. The molecule has 0 fully saturated rings. The Balaban J connectivity index is 0.00000361. The molecule has 0 aliphatic carbocycles. The SMILES string of the molecule is Br.CCCOCCOCCOC(=O)C(C)N1C=CNC1. The van der Waals surface area contributed by atoms with E-state index in [0.29, 0.717) is 26.5 Å². The predicted molar refractivity (Wildman–Crippen MR) is 81.7 cm³/mol. The maximum atomic E-state index is 11.7. The zero-order valence-electron chi connectivity index (χ0n) is 12.2. The minimum atomic E-state index is -0.279. The largest absolute Gasteiger partial charge is 0.462 e. The highest BCUT2D eigenvalue weighted by molar-refractivity contribution is 8.93. The first-order valence-corrected chi connectivity index (χ1v) is 6.73. The van der Waals surface area contributed by atoms with Crippen molar-refractivity contribution in [3.05, 3.63) is 12.4 Å². The van der Waals surface area contributed by atoms with E-state index in [1.165, 1.54) is 0 Å². The Labute approximate surface area is 131 Å². The molecule has 0 aromatic heterocycles. The van der Waals surface area contributed by atoms with Gasteiger partial charge in [0.1, 0.15) is 12.6 Å². The van der Waals surface area contributed by atoms with Gasteiger partial charge in [0, 0.05) is 19.0 Å². The average Bonchev–Trinajstić information content (AvgIpc) is 2.94. The van der Waals surface area contributed by atoms with Crippen molar-refractivity contribution in [2.75, 3.05) is 39.7 Å². The van der Waals surface area contributed by atoms with Crippen LogP contribution >= 0.6 is 17.0 Å². The monoisotopic (exact) mass is 352 g/mol. The van der Waals surface area contributed by atoms with Gasteiger partial charge in [0.25, 0.3) is 0 Å². The number of nitrogens with one attached hydrogen (secondary N) is 1. The Morgan fingerprint density at radius 3 is 2.50 bits per heavy atom. The first kappa shape index (κ1) is 19.2. The van der Waals surface area contributed by atoms with E-state index in [1.807, 2.05) is 24.2 Å². The van der Waals surface area contributed by atoms with Crippen molar-refractivity contribution in [1.29, 1.82) is 0 Å². The lowest BCUT2D eigenvalue weighted by atomic mass is 10.3. The van der Waals surface area contributed by atoms with E-state index in [1.54, 1.807) is 0 Å². The van der Waals surface area contributed by atoms with Gasteiger partial charge in [-0.2, -0.15) is 0 Å². The molecule has 1 aliphatic rings. The smallest absolute Gasteiger partial charge is 0.328 e. The molecule has 0 aromatic rings. The summed E-state index contributed by atoms with van der Waals surface area (Å²) >= 11 is 0. The Bertz CT molecular complexity index is 290. The number of carbonyl (C=O) groups excluding carboxylic acids is 1. The summed E-state index contributed by atoms with van der Waals surface area (Å²) in [6.45, 7) is 7.08. The second-order valence-electron chi connectivity index (χ2n) is 4.26. The van der Waals surface area contributed by atoms with Gasteiger partial charge in [-0.15, -0.1) is 17.0 Å². The molecule has 1 unspecified atom stereocenters. The molecule has 0 radical (unpaired) electrons. The van der Waals surface area contributed by atoms with Gasteiger partial charge < -0.3 is 24.4 Å². The summed E-state index contributed by atoms with van der Waals surface area (Å²) in [5.74, 6) is -0.237. The molecule has 20 heavy (non-hydrogen) atoms. The van der Waals surface area contributed by atoms with E-state index < -0.39 is 0 Å². The van der Waals surface area contributed by atoms with Crippen molar-refractivity contribution in [3.8, 4) is 0 Å². The molecule has 1 N–H and O–H groups in total. The molecule has 1 aliphatic heterocycles. The highest BCUT2D eigenvalue weighted by Gasteiger charge is 2.21. The summed E-state index contributed by atoms with van der Waals surface area (Å²) in [6, 6.07) is -0.279. The van der Waals surface area contributed by atoms with Crippen LogP contribution in [0, 0.1) is 0 Å². The standard InChI is InChI=1S/C13H24N2O4.BrH/c1-3-6-17-7-8-18-9-10-19-13(16)12(2)15-5-4-14-11-15;/h4-5,12,14H,3,6-11H2,1-2H3;1H. The Hall–Kier alpha value is -0.790. The zero-order valence-corrected chi connectivity index (χ0v) is 13.9. The van der Waals surface area contributed by atoms with E-state index in [9.17, 15) is 4.79 Å². The molecular weight excluding hydrogens is 328 g/mol. The number of rotatable bonds is 10. The van der Waals surface area contributed by atoms with Crippen molar-refractivity contribution in [2.45, 2.75) is 26.3 Å². The minimum absolute atomic E-state index is 0. The number of ether oxygens (including phenoxy) is 3. The van der Waals surface area contributed by atoms with E-state index in [2.05, 4.69) is 12.2 Å². The molecule has 0 bridgehead atoms. The molecule has 0 aromatic carbocycles. The van der Waals surface area contributed by atoms with Crippen molar-refractivity contribution in [2.24, 2.45) is 0 Å². The second-order valence-corrected chi connectivity index (χ2v) is 4.26. The van der Waals surface area contributed by atoms with Crippen LogP contribution in [-0.4, -0.2) is 56.6 Å². The molecule has 0 saturated carbocycles. The zero-order chi connectivity index (χ0) is 13.9. The van der Waals surface area contributed by atoms with Gasteiger partial charge in [-0.1, -0.05) is 6.92 Å².